The smallest absolute Gasteiger partial charge is 0.185 e. The summed E-state index contributed by atoms with van der Waals surface area (Å²) in [6.07, 6.45) is 7.99. The summed E-state index contributed by atoms with van der Waals surface area (Å²) in [6.45, 7) is 0. The Labute approximate surface area is 195 Å². The average Bonchev–Trinajstić information content (AvgIpc) is 3.57. The standard InChI is InChI=1S/C23H24FN9O/c24-22-18-3-1-2-13(27-18)8-19(22)33(15-4-5-15)21-11-26-23(30-29-21)17-7-6-16(9-20(17)34)32-12-14(10-25)28-31-32/h6-7,9,11-13,15,18-19,22,27,34H,1-5,8H2/t13-,18+,19+,22-/m1/s1. The molecule has 3 aromatic rings. The van der Waals surface area contributed by atoms with Gasteiger partial charge in [-0.15, -0.1) is 15.3 Å². The van der Waals surface area contributed by atoms with Gasteiger partial charge in [0.15, 0.2) is 17.3 Å². The maximum Gasteiger partial charge on any atom is 0.185 e. The van der Waals surface area contributed by atoms with Gasteiger partial charge in [-0.25, -0.2) is 14.1 Å². The van der Waals surface area contributed by atoms with Gasteiger partial charge < -0.3 is 15.3 Å². The first-order valence-electron chi connectivity index (χ1n) is 11.6. The normalized spacial score (nSPS) is 26.1. The van der Waals surface area contributed by atoms with Crippen LogP contribution in [0.3, 0.4) is 0 Å². The first kappa shape index (κ1) is 20.9. The Morgan fingerprint density at radius 2 is 2.06 bits per heavy atom. The summed E-state index contributed by atoms with van der Waals surface area (Å²) in [4.78, 5) is 6.56. The second kappa shape index (κ2) is 8.29. The molecule has 1 saturated carbocycles. The fourth-order valence-electron chi connectivity index (χ4n) is 5.23. The second-order valence-corrected chi connectivity index (χ2v) is 9.29. The molecule has 0 amide bonds. The number of hydrogen-bond acceptors (Lipinski definition) is 9. The minimum absolute atomic E-state index is 0.0462. The number of rotatable bonds is 5. The molecule has 1 aliphatic carbocycles. The van der Waals surface area contributed by atoms with Crippen molar-refractivity contribution in [3.8, 4) is 28.9 Å². The van der Waals surface area contributed by atoms with Crippen LogP contribution in [-0.2, 0) is 0 Å². The molecule has 2 aliphatic heterocycles. The minimum atomic E-state index is -0.950. The molecule has 10 nitrogen and oxygen atoms in total. The summed E-state index contributed by atoms with van der Waals surface area (Å²) in [5.41, 5.74) is 1.14. The molecule has 1 aromatic carbocycles. The van der Waals surface area contributed by atoms with Gasteiger partial charge in [-0.2, -0.15) is 5.26 Å². The number of alkyl halides is 1. The van der Waals surface area contributed by atoms with E-state index in [4.69, 9.17) is 5.26 Å². The number of benzene rings is 1. The van der Waals surface area contributed by atoms with E-state index in [2.05, 4.69) is 35.7 Å². The van der Waals surface area contributed by atoms with Crippen molar-refractivity contribution in [2.45, 2.75) is 68.9 Å². The Morgan fingerprint density at radius 1 is 1.18 bits per heavy atom. The first-order chi connectivity index (χ1) is 16.6. The quantitative estimate of drug-likeness (QED) is 0.588. The van der Waals surface area contributed by atoms with Gasteiger partial charge in [-0.1, -0.05) is 11.6 Å². The number of anilines is 1. The van der Waals surface area contributed by atoms with Crippen molar-refractivity contribution in [1.29, 1.82) is 5.26 Å². The van der Waals surface area contributed by atoms with E-state index in [0.29, 0.717) is 23.1 Å². The number of piperidine rings is 2. The Morgan fingerprint density at radius 3 is 2.76 bits per heavy atom. The van der Waals surface area contributed by atoms with Crippen molar-refractivity contribution >= 4 is 5.82 Å². The lowest BCUT2D eigenvalue weighted by Gasteiger charge is -2.47. The van der Waals surface area contributed by atoms with E-state index >= 15 is 4.39 Å². The highest BCUT2D eigenvalue weighted by Gasteiger charge is 2.46. The predicted octanol–water partition coefficient (Wildman–Crippen LogP) is 2.29. The van der Waals surface area contributed by atoms with Gasteiger partial charge in [0, 0.05) is 24.2 Å². The van der Waals surface area contributed by atoms with Crippen LogP contribution >= 0.6 is 0 Å². The third-order valence-electron chi connectivity index (χ3n) is 7.00. The topological polar surface area (TPSA) is 129 Å². The highest BCUT2D eigenvalue weighted by atomic mass is 19.1. The van der Waals surface area contributed by atoms with Crippen LogP contribution in [-0.4, -0.2) is 65.6 Å². The Hall–Kier alpha value is -3.65. The van der Waals surface area contributed by atoms with E-state index in [1.54, 1.807) is 18.3 Å². The van der Waals surface area contributed by atoms with E-state index in [9.17, 15) is 5.11 Å². The Balaban J connectivity index is 1.25. The largest absolute Gasteiger partial charge is 0.507 e. The molecule has 0 unspecified atom stereocenters. The van der Waals surface area contributed by atoms with Gasteiger partial charge in [-0.05, 0) is 44.2 Å². The molecule has 34 heavy (non-hydrogen) atoms. The van der Waals surface area contributed by atoms with Crippen molar-refractivity contribution in [3.05, 3.63) is 36.3 Å². The summed E-state index contributed by atoms with van der Waals surface area (Å²) in [5.74, 6) is 0.815. The molecule has 3 aliphatic rings. The number of nitrogens with zero attached hydrogens (tertiary/aromatic N) is 8. The Kier molecular flexibility index (Phi) is 5.10. The third-order valence-corrected chi connectivity index (χ3v) is 7.00. The maximum atomic E-state index is 15.4. The molecule has 4 heterocycles. The number of halogens is 1. The fourth-order valence-corrected chi connectivity index (χ4v) is 5.23. The van der Waals surface area contributed by atoms with E-state index in [-0.39, 0.29) is 35.4 Å². The first-order valence-corrected chi connectivity index (χ1v) is 11.6. The summed E-state index contributed by atoms with van der Waals surface area (Å²) in [5, 5.41) is 39.2. The number of phenolic OH excluding ortho intramolecular Hbond substituents is 1. The van der Waals surface area contributed by atoms with Crippen LogP contribution in [0, 0.1) is 11.3 Å². The highest BCUT2D eigenvalue weighted by Crippen LogP contribution is 2.39. The zero-order valence-electron chi connectivity index (χ0n) is 18.4. The lowest BCUT2D eigenvalue weighted by Crippen LogP contribution is -2.62. The molecule has 0 spiro atoms. The van der Waals surface area contributed by atoms with E-state index < -0.39 is 6.17 Å². The summed E-state index contributed by atoms with van der Waals surface area (Å²) >= 11 is 0. The van der Waals surface area contributed by atoms with Gasteiger partial charge in [0.1, 0.15) is 18.0 Å². The molecular weight excluding hydrogens is 437 g/mol. The number of aromatic hydroxyl groups is 1. The molecule has 0 radical (unpaired) electrons. The monoisotopic (exact) mass is 461 g/mol. The van der Waals surface area contributed by atoms with Crippen molar-refractivity contribution < 1.29 is 9.50 Å². The molecule has 11 heteroatoms. The second-order valence-electron chi connectivity index (χ2n) is 9.29. The molecule has 2 bridgehead atoms. The lowest BCUT2D eigenvalue weighted by molar-refractivity contribution is 0.104. The molecule has 2 aromatic heterocycles. The lowest BCUT2D eigenvalue weighted by atomic mass is 9.82. The van der Waals surface area contributed by atoms with Crippen LogP contribution in [0.5, 0.6) is 5.75 Å². The SMILES string of the molecule is N#Cc1cn(-c2ccc(-c3ncc(N(C4CC4)[C@H]4C[C@H]5CCC[C@H](N5)[C@H]4F)nn3)c(O)c2)nn1. The molecule has 2 N–H and O–H groups in total. The summed E-state index contributed by atoms with van der Waals surface area (Å²) < 4.78 is 16.8. The molecule has 2 saturated heterocycles. The number of hydrogen-bond donors (Lipinski definition) is 2. The van der Waals surface area contributed by atoms with Crippen LogP contribution < -0.4 is 10.2 Å². The van der Waals surface area contributed by atoms with Gasteiger partial charge in [-0.3, -0.25) is 0 Å². The van der Waals surface area contributed by atoms with Gasteiger partial charge in [0.05, 0.1) is 29.7 Å². The van der Waals surface area contributed by atoms with E-state index in [0.717, 1.165) is 38.5 Å². The Bertz CT molecular complexity index is 1240. The van der Waals surface area contributed by atoms with Crippen LogP contribution in [0.15, 0.2) is 30.6 Å². The van der Waals surface area contributed by atoms with Crippen molar-refractivity contribution in [2.75, 3.05) is 4.90 Å². The number of nitrogens with one attached hydrogen (secondary N) is 1. The van der Waals surface area contributed by atoms with Crippen molar-refractivity contribution in [1.82, 2.24) is 35.5 Å². The minimum Gasteiger partial charge on any atom is -0.507 e. The van der Waals surface area contributed by atoms with Crippen molar-refractivity contribution in [2.24, 2.45) is 0 Å². The van der Waals surface area contributed by atoms with Crippen molar-refractivity contribution in [3.63, 3.8) is 0 Å². The number of fused-ring (bicyclic) bond motifs is 2. The fraction of sp³-hybridized carbons (Fsp3) is 0.478. The molecule has 6 rings (SSSR count). The average molecular weight is 462 g/mol. The van der Waals surface area contributed by atoms with Gasteiger partial charge in [0.25, 0.3) is 0 Å². The predicted molar refractivity (Wildman–Crippen MR) is 120 cm³/mol. The summed E-state index contributed by atoms with van der Waals surface area (Å²) in [6, 6.07) is 7.11. The molecule has 4 atom stereocenters. The number of aromatic nitrogens is 6. The van der Waals surface area contributed by atoms with Gasteiger partial charge >= 0.3 is 0 Å². The zero-order chi connectivity index (χ0) is 23.2. The number of nitriles is 1. The molecule has 174 valence electrons. The zero-order valence-corrected chi connectivity index (χ0v) is 18.4. The van der Waals surface area contributed by atoms with Crippen LogP contribution in [0.25, 0.3) is 17.1 Å². The highest BCUT2D eigenvalue weighted by molar-refractivity contribution is 5.66. The van der Waals surface area contributed by atoms with Crippen LogP contribution in [0.4, 0.5) is 10.2 Å². The van der Waals surface area contributed by atoms with E-state index in [1.807, 2.05) is 6.07 Å². The van der Waals surface area contributed by atoms with Gasteiger partial charge in [0.2, 0.25) is 0 Å². The number of phenols is 1. The maximum absolute atomic E-state index is 15.4. The molecular formula is C23H24FN9O. The third kappa shape index (κ3) is 3.74. The van der Waals surface area contributed by atoms with Crippen LogP contribution in [0.1, 0.15) is 44.2 Å². The van der Waals surface area contributed by atoms with Crippen LogP contribution in [0.2, 0.25) is 0 Å². The van der Waals surface area contributed by atoms with E-state index in [1.165, 1.54) is 16.9 Å². The summed E-state index contributed by atoms with van der Waals surface area (Å²) in [7, 11) is 0. The molecule has 3 fully saturated rings.